The van der Waals surface area contributed by atoms with E-state index < -0.39 is 21.7 Å². The summed E-state index contributed by atoms with van der Waals surface area (Å²) in [6.45, 7) is 5.42. The van der Waals surface area contributed by atoms with E-state index in [-0.39, 0.29) is 29.5 Å². The van der Waals surface area contributed by atoms with Crippen molar-refractivity contribution >= 4 is 27.5 Å². The minimum atomic E-state index is -3.72. The second kappa shape index (κ2) is 10.9. The van der Waals surface area contributed by atoms with Crippen molar-refractivity contribution in [3.05, 3.63) is 36.4 Å². The molecular weight excluding hydrogens is 464 g/mol. The van der Waals surface area contributed by atoms with Gasteiger partial charge in [-0.25, -0.2) is 17.9 Å². The van der Waals surface area contributed by atoms with Gasteiger partial charge in [-0.1, -0.05) is 12.1 Å². The molecule has 1 aliphatic carbocycles. The highest BCUT2D eigenvalue weighted by Crippen LogP contribution is 2.37. The SMILES string of the molecule is CC(C)(C)OC(=O)NCCNS(=O)(=O)c1ccc(-c2ccccc2O[C@H]2CC[C@H](O)CC2)s1. The molecule has 3 N–H and O–H groups in total. The van der Waals surface area contributed by atoms with Crippen molar-refractivity contribution in [1.82, 2.24) is 10.0 Å². The first-order valence-electron chi connectivity index (χ1n) is 11.0. The molecule has 0 aliphatic heterocycles. The third kappa shape index (κ3) is 7.70. The van der Waals surface area contributed by atoms with Gasteiger partial charge in [-0.05, 0) is 70.7 Å². The van der Waals surface area contributed by atoms with Crippen LogP contribution in [0.15, 0.2) is 40.6 Å². The first-order valence-corrected chi connectivity index (χ1v) is 13.3. The highest BCUT2D eigenvalue weighted by atomic mass is 32.2. The molecule has 1 aliphatic rings. The Morgan fingerprint density at radius 3 is 2.48 bits per heavy atom. The highest BCUT2D eigenvalue weighted by Gasteiger charge is 2.23. The van der Waals surface area contributed by atoms with Crippen LogP contribution in [0.2, 0.25) is 0 Å². The maximum Gasteiger partial charge on any atom is 0.407 e. The summed E-state index contributed by atoms with van der Waals surface area (Å²) in [5.41, 5.74) is 0.219. The number of aliphatic hydroxyl groups is 1. The molecule has 1 fully saturated rings. The van der Waals surface area contributed by atoms with E-state index in [0.29, 0.717) is 5.75 Å². The predicted molar refractivity (Wildman–Crippen MR) is 128 cm³/mol. The van der Waals surface area contributed by atoms with Crippen LogP contribution in [-0.4, -0.2) is 50.5 Å². The third-order valence-electron chi connectivity index (χ3n) is 5.02. The molecule has 0 bridgehead atoms. The fraction of sp³-hybridized carbons (Fsp3) is 0.522. The smallest absolute Gasteiger partial charge is 0.407 e. The molecule has 10 heteroatoms. The molecule has 1 saturated carbocycles. The number of thiophene rings is 1. The van der Waals surface area contributed by atoms with Crippen LogP contribution in [0.3, 0.4) is 0 Å². The average molecular weight is 497 g/mol. The summed E-state index contributed by atoms with van der Waals surface area (Å²) in [7, 11) is -3.72. The number of rotatable bonds is 8. The normalized spacial score (nSPS) is 19.2. The minimum absolute atomic E-state index is 0.0388. The van der Waals surface area contributed by atoms with E-state index in [2.05, 4.69) is 10.0 Å². The molecule has 1 amide bonds. The molecule has 0 atom stereocenters. The van der Waals surface area contributed by atoms with Gasteiger partial charge in [-0.2, -0.15) is 0 Å². The largest absolute Gasteiger partial charge is 0.490 e. The number of para-hydroxylation sites is 1. The lowest BCUT2D eigenvalue weighted by Gasteiger charge is -2.27. The van der Waals surface area contributed by atoms with Crippen molar-refractivity contribution in [2.45, 2.75) is 68.5 Å². The maximum absolute atomic E-state index is 12.7. The molecule has 33 heavy (non-hydrogen) atoms. The zero-order chi connectivity index (χ0) is 24.1. The summed E-state index contributed by atoms with van der Waals surface area (Å²) in [6, 6.07) is 10.9. The second-order valence-electron chi connectivity index (χ2n) is 8.99. The molecule has 3 rings (SSSR count). The van der Waals surface area contributed by atoms with Crippen molar-refractivity contribution in [1.29, 1.82) is 0 Å². The van der Waals surface area contributed by atoms with E-state index in [1.165, 1.54) is 0 Å². The van der Waals surface area contributed by atoms with Crippen molar-refractivity contribution < 1.29 is 27.8 Å². The highest BCUT2D eigenvalue weighted by molar-refractivity contribution is 7.91. The number of nitrogens with one attached hydrogen (secondary N) is 2. The van der Waals surface area contributed by atoms with Crippen LogP contribution in [0.1, 0.15) is 46.5 Å². The number of amides is 1. The number of hydrogen-bond acceptors (Lipinski definition) is 7. The first-order chi connectivity index (χ1) is 15.5. The van der Waals surface area contributed by atoms with Gasteiger partial charge in [0.05, 0.1) is 12.2 Å². The molecule has 8 nitrogen and oxygen atoms in total. The van der Waals surface area contributed by atoms with E-state index in [1.807, 2.05) is 24.3 Å². The van der Waals surface area contributed by atoms with Gasteiger partial charge in [0, 0.05) is 23.5 Å². The fourth-order valence-corrected chi connectivity index (χ4v) is 5.87. The predicted octanol–water partition coefficient (Wildman–Crippen LogP) is 3.90. The summed E-state index contributed by atoms with van der Waals surface area (Å²) in [5.74, 6) is 0.708. The van der Waals surface area contributed by atoms with Crippen LogP contribution in [0, 0.1) is 0 Å². The van der Waals surface area contributed by atoms with Gasteiger partial charge in [0.25, 0.3) is 0 Å². The molecule has 1 heterocycles. The summed E-state index contributed by atoms with van der Waals surface area (Å²) in [5, 5.41) is 12.2. The van der Waals surface area contributed by atoms with Crippen LogP contribution in [0.5, 0.6) is 5.75 Å². The molecule has 0 spiro atoms. The number of carbonyl (C=O) groups excluding carboxylic acids is 1. The Balaban J connectivity index is 1.60. The summed E-state index contributed by atoms with van der Waals surface area (Å²) in [6.07, 6.45) is 2.23. The number of benzene rings is 1. The van der Waals surface area contributed by atoms with Crippen LogP contribution >= 0.6 is 11.3 Å². The summed E-state index contributed by atoms with van der Waals surface area (Å²) >= 11 is 1.16. The second-order valence-corrected chi connectivity index (χ2v) is 12.1. The molecule has 1 aromatic heterocycles. The van der Waals surface area contributed by atoms with Crippen LogP contribution in [0.25, 0.3) is 10.4 Å². The Bertz CT molecular complexity index is 1040. The lowest BCUT2D eigenvalue weighted by Crippen LogP contribution is -2.37. The van der Waals surface area contributed by atoms with Gasteiger partial charge in [0.2, 0.25) is 10.0 Å². The van der Waals surface area contributed by atoms with Crippen molar-refractivity contribution in [3.8, 4) is 16.2 Å². The van der Waals surface area contributed by atoms with Crippen LogP contribution in [-0.2, 0) is 14.8 Å². The monoisotopic (exact) mass is 496 g/mol. The summed E-state index contributed by atoms with van der Waals surface area (Å²) < 4.78 is 39.4. The Kier molecular flexibility index (Phi) is 8.38. The van der Waals surface area contributed by atoms with Gasteiger partial charge in [0.15, 0.2) is 0 Å². The molecule has 2 aromatic rings. The van der Waals surface area contributed by atoms with E-state index in [9.17, 15) is 18.3 Å². The number of carbonyl (C=O) groups is 1. The van der Waals surface area contributed by atoms with E-state index in [1.54, 1.807) is 32.9 Å². The number of ether oxygens (including phenoxy) is 2. The van der Waals surface area contributed by atoms with Crippen LogP contribution < -0.4 is 14.8 Å². The minimum Gasteiger partial charge on any atom is -0.490 e. The number of alkyl carbamates (subject to hydrolysis) is 1. The van der Waals surface area contributed by atoms with Gasteiger partial charge < -0.3 is 19.9 Å². The molecule has 0 radical (unpaired) electrons. The molecule has 1 aromatic carbocycles. The van der Waals surface area contributed by atoms with Gasteiger partial charge in [0.1, 0.15) is 15.6 Å². The summed E-state index contributed by atoms with van der Waals surface area (Å²) in [4.78, 5) is 12.5. The van der Waals surface area contributed by atoms with Crippen molar-refractivity contribution in [3.63, 3.8) is 0 Å². The van der Waals surface area contributed by atoms with Gasteiger partial charge in [-0.3, -0.25) is 0 Å². The zero-order valence-corrected chi connectivity index (χ0v) is 20.8. The van der Waals surface area contributed by atoms with Gasteiger partial charge >= 0.3 is 6.09 Å². The Labute approximate surface area is 199 Å². The van der Waals surface area contributed by atoms with Gasteiger partial charge in [-0.15, -0.1) is 11.3 Å². The molecule has 0 saturated heterocycles. The standard InChI is InChI=1S/C23H32N2O6S2/c1-23(2,3)31-22(27)24-14-15-25-33(28,29)21-13-12-20(32-21)18-6-4-5-7-19(18)30-17-10-8-16(26)9-11-17/h4-7,12-13,16-17,25-26H,8-11,14-15H2,1-3H3,(H,24,27)/t16-,17-. The van der Waals surface area contributed by atoms with Crippen molar-refractivity contribution in [2.75, 3.05) is 13.1 Å². The zero-order valence-electron chi connectivity index (χ0n) is 19.2. The lowest BCUT2D eigenvalue weighted by molar-refractivity contribution is 0.0529. The van der Waals surface area contributed by atoms with Crippen LogP contribution in [0.4, 0.5) is 4.79 Å². The topological polar surface area (TPSA) is 114 Å². The quantitative estimate of drug-likeness (QED) is 0.478. The Morgan fingerprint density at radius 2 is 1.79 bits per heavy atom. The van der Waals surface area contributed by atoms with E-state index >= 15 is 0 Å². The molecule has 182 valence electrons. The maximum atomic E-state index is 12.7. The lowest BCUT2D eigenvalue weighted by atomic mass is 9.95. The Hall–Kier alpha value is -2.14. The first kappa shape index (κ1) is 25.5. The third-order valence-corrected chi connectivity index (χ3v) is 8.09. The number of hydrogen-bond donors (Lipinski definition) is 3. The van der Waals surface area contributed by atoms with E-state index in [4.69, 9.17) is 9.47 Å². The molecule has 0 unspecified atom stereocenters. The fourth-order valence-electron chi connectivity index (χ4n) is 3.46. The number of aliphatic hydroxyl groups excluding tert-OH is 1. The Morgan fingerprint density at radius 1 is 1.09 bits per heavy atom. The molecular formula is C23H32N2O6S2. The van der Waals surface area contributed by atoms with E-state index in [0.717, 1.165) is 47.5 Å². The van der Waals surface area contributed by atoms with Crippen molar-refractivity contribution in [2.24, 2.45) is 0 Å². The number of sulfonamides is 1. The average Bonchev–Trinajstić information content (AvgIpc) is 3.23.